The van der Waals surface area contributed by atoms with Gasteiger partial charge in [-0.15, -0.1) is 5.54 Å². The Morgan fingerprint density at radius 3 is 2.18 bits per heavy atom. The van der Waals surface area contributed by atoms with Crippen LogP contribution in [0.15, 0.2) is 42.6 Å². The van der Waals surface area contributed by atoms with Gasteiger partial charge in [0.2, 0.25) is 5.78 Å². The Kier molecular flexibility index (Phi) is 8.49. The van der Waals surface area contributed by atoms with Crippen LogP contribution in [0.4, 0.5) is 14.5 Å². The first kappa shape index (κ1) is 32.5. The first-order chi connectivity index (χ1) is 21.1. The summed E-state index contributed by atoms with van der Waals surface area (Å²) in [5.74, 6) is 1.86. The number of carbonyl (C=O) groups is 1. The van der Waals surface area contributed by atoms with Crippen LogP contribution in [0.5, 0.6) is 0 Å². The smallest absolute Gasteiger partial charge is 0.209 e. The Morgan fingerprint density at radius 1 is 1.00 bits per heavy atom. The zero-order chi connectivity index (χ0) is 33.1. The summed E-state index contributed by atoms with van der Waals surface area (Å²) < 4.78 is 32.7. The summed E-state index contributed by atoms with van der Waals surface area (Å²) in [7, 11) is -0.211. The van der Waals surface area contributed by atoms with E-state index in [1.807, 2.05) is 37.6 Å². The lowest BCUT2D eigenvalue weighted by atomic mass is 9.98. The molecule has 0 aliphatic carbocycles. The lowest BCUT2D eigenvalue weighted by molar-refractivity contribution is 0.103. The summed E-state index contributed by atoms with van der Waals surface area (Å²) in [6.45, 7) is 17.4. The fraction of sp³-hybridized carbons (Fsp3) is 0.333. The van der Waals surface area contributed by atoms with E-state index >= 15 is 0 Å². The molecule has 0 atom stereocenters. The Labute approximate surface area is 269 Å². The third-order valence-corrected chi connectivity index (χ3v) is 16.1. The molecule has 5 aromatic rings. The number of pyridine rings is 1. The van der Waals surface area contributed by atoms with Crippen molar-refractivity contribution in [2.75, 3.05) is 5.73 Å². The van der Waals surface area contributed by atoms with E-state index in [1.54, 1.807) is 16.7 Å². The Hall–Kier alpha value is -3.93. The molecule has 5 rings (SSSR count). The van der Waals surface area contributed by atoms with Crippen LogP contribution in [0.2, 0.25) is 21.6 Å². The SMILES string of the molecule is Cc1cc2c(nc(C)n2C)c(Cl)c1-c1cccn2c(C(=O)c3cc(F)c(N)c(F)c3)cc(C#C[Si](C(C)C)(C(C)C)C(C)C)c12. The molecule has 2 aromatic carbocycles. The summed E-state index contributed by atoms with van der Waals surface area (Å²) in [6.07, 6.45) is 1.77. The zero-order valence-corrected chi connectivity index (χ0v) is 29.0. The van der Waals surface area contributed by atoms with E-state index in [9.17, 15) is 13.6 Å². The van der Waals surface area contributed by atoms with Gasteiger partial charge in [-0.05, 0) is 66.4 Å². The Morgan fingerprint density at radius 2 is 1.60 bits per heavy atom. The Bertz CT molecular complexity index is 2020. The predicted octanol–water partition coefficient (Wildman–Crippen LogP) is 9.42. The number of ketones is 1. The van der Waals surface area contributed by atoms with Crippen LogP contribution >= 0.6 is 11.6 Å². The highest BCUT2D eigenvalue weighted by atomic mass is 35.5. The number of nitrogens with two attached hydrogens (primary N) is 1. The fourth-order valence-electron chi connectivity index (χ4n) is 7.06. The number of halogens is 3. The van der Waals surface area contributed by atoms with Crippen molar-refractivity contribution in [3.8, 4) is 22.6 Å². The molecule has 0 amide bonds. The van der Waals surface area contributed by atoms with Crippen molar-refractivity contribution < 1.29 is 13.6 Å². The molecule has 0 bridgehead atoms. The molecular formula is C36H39ClF2N4OSi. The van der Waals surface area contributed by atoms with Gasteiger partial charge in [-0.1, -0.05) is 65.1 Å². The van der Waals surface area contributed by atoms with Crippen LogP contribution in [0.1, 0.15) is 74.5 Å². The lowest BCUT2D eigenvalue weighted by Gasteiger charge is -2.38. The first-order valence-electron chi connectivity index (χ1n) is 15.2. The second-order valence-electron chi connectivity index (χ2n) is 12.9. The number of nitrogen functional groups attached to an aromatic ring is 1. The van der Waals surface area contributed by atoms with E-state index in [2.05, 4.69) is 59.1 Å². The number of benzene rings is 2. The van der Waals surface area contributed by atoms with E-state index in [0.29, 0.717) is 38.2 Å². The van der Waals surface area contributed by atoms with Crippen molar-refractivity contribution in [2.24, 2.45) is 7.05 Å². The van der Waals surface area contributed by atoms with Gasteiger partial charge in [0.1, 0.15) is 36.7 Å². The standard InChI is InChI=1S/C36H39ClF2N4OSi/c1-19(2)45(20(3)4,21(5)6)14-12-24-18-30(36(44)25-16-27(38)33(40)28(39)17-25)43-13-10-11-26(35(24)43)31-22(7)15-29-34(32(31)37)41-23(8)42(29)9/h10-11,13,15-21H,40H2,1-9H3. The van der Waals surface area contributed by atoms with Gasteiger partial charge < -0.3 is 14.7 Å². The first-order valence-corrected chi connectivity index (χ1v) is 17.8. The quantitative estimate of drug-likeness (QED) is 0.0867. The van der Waals surface area contributed by atoms with E-state index in [1.165, 1.54) is 0 Å². The highest BCUT2D eigenvalue weighted by Gasteiger charge is 2.41. The molecule has 0 fully saturated rings. The summed E-state index contributed by atoms with van der Waals surface area (Å²) in [5, 5.41) is 0.507. The van der Waals surface area contributed by atoms with Crippen LogP contribution in [-0.2, 0) is 7.05 Å². The van der Waals surface area contributed by atoms with Crippen LogP contribution in [0.25, 0.3) is 27.7 Å². The average Bonchev–Trinajstić information content (AvgIpc) is 3.48. The molecule has 0 unspecified atom stereocenters. The molecule has 0 aliphatic heterocycles. The normalized spacial score (nSPS) is 12.2. The van der Waals surface area contributed by atoms with Crippen molar-refractivity contribution in [3.63, 3.8) is 0 Å². The summed E-state index contributed by atoms with van der Waals surface area (Å²) in [5.41, 5.74) is 15.4. The minimum Gasteiger partial charge on any atom is -0.394 e. The number of imidazole rings is 1. The minimum absolute atomic E-state index is 0.140. The van der Waals surface area contributed by atoms with Crippen molar-refractivity contribution in [3.05, 3.63) is 87.5 Å². The molecule has 0 aliphatic rings. The number of hydrogen-bond donors (Lipinski definition) is 1. The molecule has 0 radical (unpaired) electrons. The van der Waals surface area contributed by atoms with Crippen molar-refractivity contribution >= 4 is 47.7 Å². The molecule has 2 N–H and O–H groups in total. The molecule has 0 saturated carbocycles. The maximum Gasteiger partial charge on any atom is 0.209 e. The molecule has 234 valence electrons. The van der Waals surface area contributed by atoms with Gasteiger partial charge in [0.25, 0.3) is 0 Å². The average molecular weight is 645 g/mol. The maximum absolute atomic E-state index is 14.5. The van der Waals surface area contributed by atoms with Crippen LogP contribution in [0, 0.1) is 36.9 Å². The molecular weight excluding hydrogens is 606 g/mol. The molecule has 3 aromatic heterocycles. The van der Waals surface area contributed by atoms with E-state index in [-0.39, 0.29) is 11.3 Å². The van der Waals surface area contributed by atoms with Gasteiger partial charge >= 0.3 is 0 Å². The number of aromatic nitrogens is 3. The van der Waals surface area contributed by atoms with Gasteiger partial charge in [-0.3, -0.25) is 4.79 Å². The topological polar surface area (TPSA) is 65.3 Å². The van der Waals surface area contributed by atoms with E-state index < -0.39 is 31.2 Å². The van der Waals surface area contributed by atoms with Crippen molar-refractivity contribution in [2.45, 2.75) is 72.0 Å². The summed E-state index contributed by atoms with van der Waals surface area (Å²) in [4.78, 5) is 18.7. The number of carbonyl (C=O) groups excluding carboxylic acids is 1. The van der Waals surface area contributed by atoms with Gasteiger partial charge in [-0.2, -0.15) is 0 Å². The van der Waals surface area contributed by atoms with Crippen LogP contribution in [0.3, 0.4) is 0 Å². The molecule has 9 heteroatoms. The third-order valence-electron chi connectivity index (χ3n) is 9.45. The monoisotopic (exact) mass is 644 g/mol. The second-order valence-corrected chi connectivity index (χ2v) is 18.8. The van der Waals surface area contributed by atoms with Crippen molar-refractivity contribution in [1.82, 2.24) is 14.0 Å². The molecule has 45 heavy (non-hydrogen) atoms. The Balaban J connectivity index is 1.87. The number of aryl methyl sites for hydroxylation is 3. The predicted molar refractivity (Wildman–Crippen MR) is 184 cm³/mol. The minimum atomic E-state index is -2.17. The second kappa shape index (κ2) is 11.8. The number of fused-ring (bicyclic) bond motifs is 2. The highest BCUT2D eigenvalue weighted by molar-refractivity contribution is 6.90. The molecule has 0 spiro atoms. The van der Waals surface area contributed by atoms with Crippen LogP contribution < -0.4 is 5.73 Å². The summed E-state index contributed by atoms with van der Waals surface area (Å²) in [6, 6.07) is 9.54. The van der Waals surface area contributed by atoms with E-state index in [4.69, 9.17) is 22.3 Å². The van der Waals surface area contributed by atoms with Gasteiger partial charge in [0.05, 0.1) is 27.3 Å². The number of rotatable bonds is 6. The highest BCUT2D eigenvalue weighted by Crippen LogP contribution is 2.42. The molecule has 3 heterocycles. The van der Waals surface area contributed by atoms with Crippen LogP contribution in [-0.4, -0.2) is 27.8 Å². The summed E-state index contributed by atoms with van der Waals surface area (Å²) >= 11 is 7.13. The maximum atomic E-state index is 14.5. The fourth-order valence-corrected chi connectivity index (χ4v) is 12.7. The number of nitrogens with zero attached hydrogens (tertiary/aromatic N) is 3. The lowest BCUT2D eigenvalue weighted by Crippen LogP contribution is -2.43. The largest absolute Gasteiger partial charge is 0.394 e. The number of anilines is 1. The molecule has 0 saturated heterocycles. The van der Waals surface area contributed by atoms with Gasteiger partial charge in [0, 0.05) is 29.9 Å². The zero-order valence-electron chi connectivity index (χ0n) is 27.2. The van der Waals surface area contributed by atoms with E-state index in [0.717, 1.165) is 40.2 Å². The third kappa shape index (κ3) is 5.16. The van der Waals surface area contributed by atoms with Gasteiger partial charge in [0.15, 0.2) is 0 Å². The van der Waals surface area contributed by atoms with Crippen molar-refractivity contribution in [1.29, 1.82) is 0 Å². The molecule has 5 nitrogen and oxygen atoms in total. The van der Waals surface area contributed by atoms with Gasteiger partial charge in [-0.25, -0.2) is 13.8 Å². The number of hydrogen-bond acceptors (Lipinski definition) is 3.